The largest absolute Gasteiger partial charge is 0.245 e. The highest BCUT2D eigenvalue weighted by Gasteiger charge is 2.05. The van der Waals surface area contributed by atoms with Crippen LogP contribution in [-0.2, 0) is 0 Å². The van der Waals surface area contributed by atoms with Gasteiger partial charge in [-0.25, -0.2) is 9.98 Å². The molecule has 0 bridgehead atoms. The van der Waals surface area contributed by atoms with Gasteiger partial charge in [0.25, 0.3) is 0 Å². The molecule has 126 valence electrons. The Hall–Kier alpha value is -2.71. The van der Waals surface area contributed by atoms with Crippen molar-refractivity contribution in [2.45, 2.75) is 13.8 Å². The van der Waals surface area contributed by atoms with Gasteiger partial charge in [-0.15, -0.1) is 0 Å². The minimum Gasteiger partial charge on any atom is -0.245 e. The van der Waals surface area contributed by atoms with Gasteiger partial charge in [-0.2, -0.15) is 0 Å². The Morgan fingerprint density at radius 3 is 2.32 bits per heavy atom. The summed E-state index contributed by atoms with van der Waals surface area (Å²) in [5.41, 5.74) is 4.98. The molecule has 0 atom stereocenters. The number of hydrogen-bond donors (Lipinski definition) is 0. The minimum absolute atomic E-state index is 0.551. The van der Waals surface area contributed by atoms with Crippen molar-refractivity contribution in [3.05, 3.63) is 89.5 Å². The van der Waals surface area contributed by atoms with Gasteiger partial charge in [0.2, 0.25) is 0 Å². The minimum atomic E-state index is 0.551. The highest BCUT2D eigenvalue weighted by atomic mass is 35.5. The van der Waals surface area contributed by atoms with Crippen LogP contribution >= 0.6 is 11.6 Å². The highest BCUT2D eigenvalue weighted by molar-refractivity contribution is 6.30. The van der Waals surface area contributed by atoms with Crippen LogP contribution in [-0.4, -0.2) is 12.6 Å². The van der Waals surface area contributed by atoms with E-state index in [2.05, 4.69) is 29.3 Å². The third-order valence-electron chi connectivity index (χ3n) is 3.70. The van der Waals surface area contributed by atoms with E-state index in [1.165, 1.54) is 0 Å². The molecule has 25 heavy (non-hydrogen) atoms. The third kappa shape index (κ3) is 4.88. The Kier molecular flexibility index (Phi) is 6.67. The molecule has 0 aliphatic heterocycles. The summed E-state index contributed by atoms with van der Waals surface area (Å²) in [5.74, 6) is 0.551. The van der Waals surface area contributed by atoms with Crippen molar-refractivity contribution in [1.82, 2.24) is 0 Å². The number of rotatable bonds is 5. The van der Waals surface area contributed by atoms with Crippen LogP contribution in [0, 0.1) is 6.92 Å². The van der Waals surface area contributed by atoms with E-state index in [-0.39, 0.29) is 0 Å². The first-order valence-corrected chi connectivity index (χ1v) is 8.34. The number of benzene rings is 2. The molecule has 0 saturated heterocycles. The molecule has 2 rings (SSSR count). The van der Waals surface area contributed by atoms with Crippen molar-refractivity contribution in [3.8, 4) is 11.1 Å². The van der Waals surface area contributed by atoms with Crippen LogP contribution in [0.5, 0.6) is 0 Å². The summed E-state index contributed by atoms with van der Waals surface area (Å²) < 4.78 is 0. The summed E-state index contributed by atoms with van der Waals surface area (Å²) in [7, 11) is 0. The fourth-order valence-corrected chi connectivity index (χ4v) is 2.47. The van der Waals surface area contributed by atoms with Gasteiger partial charge in [0, 0.05) is 10.6 Å². The van der Waals surface area contributed by atoms with Gasteiger partial charge < -0.3 is 0 Å². The van der Waals surface area contributed by atoms with Gasteiger partial charge in [-0.3, -0.25) is 0 Å². The first-order valence-electron chi connectivity index (χ1n) is 7.97. The lowest BCUT2D eigenvalue weighted by Gasteiger charge is -2.07. The molecule has 0 aliphatic rings. The van der Waals surface area contributed by atoms with Gasteiger partial charge >= 0.3 is 0 Å². The average Bonchev–Trinajstić information content (AvgIpc) is 2.63. The second kappa shape index (κ2) is 8.95. The number of amidine groups is 1. The van der Waals surface area contributed by atoms with Crippen molar-refractivity contribution < 1.29 is 0 Å². The lowest BCUT2D eigenvalue weighted by molar-refractivity contribution is 1.38. The molecule has 0 aromatic heterocycles. The molecular formula is C22H21ClN2. The third-order valence-corrected chi connectivity index (χ3v) is 3.95. The number of aryl methyl sites for hydroxylation is 1. The second-order valence-corrected chi connectivity index (χ2v) is 5.89. The molecule has 0 aliphatic carbocycles. The summed E-state index contributed by atoms with van der Waals surface area (Å²) in [5, 5.41) is 0.730. The van der Waals surface area contributed by atoms with E-state index in [1.807, 2.05) is 68.5 Å². The molecule has 0 radical (unpaired) electrons. The summed E-state index contributed by atoms with van der Waals surface area (Å²) in [6, 6.07) is 13.9. The van der Waals surface area contributed by atoms with Crippen molar-refractivity contribution in [2.75, 3.05) is 0 Å². The zero-order chi connectivity index (χ0) is 18.2. The second-order valence-electron chi connectivity index (χ2n) is 5.45. The van der Waals surface area contributed by atoms with Crippen LogP contribution in [0.15, 0.2) is 88.9 Å². The molecule has 2 nitrogen and oxygen atoms in total. The van der Waals surface area contributed by atoms with Gasteiger partial charge in [0.05, 0.1) is 5.69 Å². The zero-order valence-corrected chi connectivity index (χ0v) is 15.3. The Labute approximate surface area is 154 Å². The summed E-state index contributed by atoms with van der Waals surface area (Å²) in [6.45, 7) is 11.4. The summed E-state index contributed by atoms with van der Waals surface area (Å²) >= 11 is 5.96. The number of aliphatic imine (C=N–C) groups is 2. The topological polar surface area (TPSA) is 24.7 Å². The van der Waals surface area contributed by atoms with E-state index in [4.69, 9.17) is 11.6 Å². The average molecular weight is 349 g/mol. The molecule has 0 spiro atoms. The van der Waals surface area contributed by atoms with E-state index in [0.717, 1.165) is 33.0 Å². The molecule has 0 unspecified atom stereocenters. The van der Waals surface area contributed by atoms with Crippen LogP contribution < -0.4 is 0 Å². The summed E-state index contributed by atoms with van der Waals surface area (Å²) in [4.78, 5) is 8.69. The molecular weight excluding hydrogens is 328 g/mol. The van der Waals surface area contributed by atoms with Crippen molar-refractivity contribution in [3.63, 3.8) is 0 Å². The standard InChI is InChI=1S/C22H21ClN2/c1-5-7-8-17(6-2)22(24-4)25-21-14-11-19(15-16(21)3)18-9-12-20(23)13-10-18/h5-15H,2,4H2,1,3H3/b7-5-,17-8+,25-22?. The molecule has 2 aromatic rings. The normalized spacial score (nSPS) is 12.4. The molecule has 3 heteroatoms. The Morgan fingerprint density at radius 2 is 1.76 bits per heavy atom. The first kappa shape index (κ1) is 18.6. The fourth-order valence-electron chi connectivity index (χ4n) is 2.34. The maximum Gasteiger partial charge on any atom is 0.159 e. The number of hydrogen-bond acceptors (Lipinski definition) is 1. The van der Waals surface area contributed by atoms with Gasteiger partial charge in [-0.05, 0) is 61.5 Å². The number of halogens is 1. The van der Waals surface area contributed by atoms with E-state index in [1.54, 1.807) is 6.08 Å². The Morgan fingerprint density at radius 1 is 1.08 bits per heavy atom. The van der Waals surface area contributed by atoms with Crippen LogP contribution in [0.25, 0.3) is 11.1 Å². The van der Waals surface area contributed by atoms with E-state index < -0.39 is 0 Å². The molecule has 0 amide bonds. The fraction of sp³-hybridized carbons (Fsp3) is 0.0909. The zero-order valence-electron chi connectivity index (χ0n) is 14.5. The lowest BCUT2D eigenvalue weighted by Crippen LogP contribution is -1.96. The maximum absolute atomic E-state index is 5.96. The first-order chi connectivity index (χ1) is 12.1. The van der Waals surface area contributed by atoms with Crippen molar-refractivity contribution in [1.29, 1.82) is 0 Å². The van der Waals surface area contributed by atoms with Gasteiger partial charge in [-0.1, -0.05) is 60.7 Å². The van der Waals surface area contributed by atoms with Gasteiger partial charge in [0.15, 0.2) is 5.84 Å². The Balaban J connectivity index is 2.41. The van der Waals surface area contributed by atoms with Crippen LogP contribution in [0.3, 0.4) is 0 Å². The van der Waals surface area contributed by atoms with E-state index in [0.29, 0.717) is 5.84 Å². The van der Waals surface area contributed by atoms with Crippen molar-refractivity contribution in [2.24, 2.45) is 9.98 Å². The SMILES string of the molecule is C=C/C(=C\C=C/C)C(N=C)=Nc1ccc(-c2ccc(Cl)cc2)cc1C. The molecule has 0 heterocycles. The molecule has 0 fully saturated rings. The van der Waals surface area contributed by atoms with Crippen LogP contribution in [0.1, 0.15) is 12.5 Å². The van der Waals surface area contributed by atoms with Gasteiger partial charge in [0.1, 0.15) is 0 Å². The van der Waals surface area contributed by atoms with E-state index >= 15 is 0 Å². The van der Waals surface area contributed by atoms with E-state index in [9.17, 15) is 0 Å². The van der Waals surface area contributed by atoms with Crippen LogP contribution in [0.4, 0.5) is 5.69 Å². The Bertz CT molecular complexity index is 856. The van der Waals surface area contributed by atoms with Crippen molar-refractivity contribution >= 4 is 29.8 Å². The quantitative estimate of drug-likeness (QED) is 0.325. The number of nitrogens with zero attached hydrogens (tertiary/aromatic N) is 2. The van der Waals surface area contributed by atoms with Crippen LogP contribution in [0.2, 0.25) is 5.02 Å². The predicted octanol–water partition coefficient (Wildman–Crippen LogP) is 6.73. The smallest absolute Gasteiger partial charge is 0.159 e. The highest BCUT2D eigenvalue weighted by Crippen LogP contribution is 2.28. The summed E-state index contributed by atoms with van der Waals surface area (Å²) in [6.07, 6.45) is 7.51. The maximum atomic E-state index is 5.96. The molecule has 2 aromatic carbocycles. The number of allylic oxidation sites excluding steroid dienone is 3. The molecule has 0 saturated carbocycles. The lowest BCUT2D eigenvalue weighted by atomic mass is 10.0. The predicted molar refractivity (Wildman–Crippen MR) is 111 cm³/mol. The monoisotopic (exact) mass is 348 g/mol. The molecule has 0 N–H and O–H groups in total.